The van der Waals surface area contributed by atoms with E-state index in [4.69, 9.17) is 4.74 Å². The van der Waals surface area contributed by atoms with Gasteiger partial charge < -0.3 is 14.7 Å². The molecule has 1 N–H and O–H groups in total. The van der Waals surface area contributed by atoms with Crippen molar-refractivity contribution in [2.75, 3.05) is 18.1 Å². The average Bonchev–Trinajstić information content (AvgIpc) is 2.87. The Morgan fingerprint density at radius 3 is 2.40 bits per heavy atom. The topological polar surface area (TPSA) is 49.8 Å². The number of ether oxygens (including phenoxy) is 1. The summed E-state index contributed by atoms with van der Waals surface area (Å²) in [6.07, 6.45) is -2.01. The minimum Gasteiger partial charge on any atom is -0.493 e. The summed E-state index contributed by atoms with van der Waals surface area (Å²) in [4.78, 5) is 14.6. The number of carbonyl (C=O) groups is 1. The van der Waals surface area contributed by atoms with Crippen LogP contribution in [0.4, 0.5) is 18.9 Å². The van der Waals surface area contributed by atoms with Gasteiger partial charge in [0.15, 0.2) is 0 Å². The molecule has 1 heterocycles. The number of aliphatic hydroxyl groups is 1. The van der Waals surface area contributed by atoms with Crippen LogP contribution in [0.3, 0.4) is 0 Å². The number of anilines is 1. The van der Waals surface area contributed by atoms with E-state index in [1.165, 1.54) is 0 Å². The summed E-state index contributed by atoms with van der Waals surface area (Å²) in [6.45, 7) is 0.208. The fraction of sp³-hybridized carbons (Fsp3) is 0.611. The lowest BCUT2D eigenvalue weighted by Crippen LogP contribution is -2.38. The minimum atomic E-state index is -4.23. The lowest BCUT2D eigenvalue weighted by atomic mass is 9.72. The second-order valence-corrected chi connectivity index (χ2v) is 6.93. The Balaban J connectivity index is 1.60. The van der Waals surface area contributed by atoms with Crippen LogP contribution in [0.15, 0.2) is 24.3 Å². The van der Waals surface area contributed by atoms with Crippen LogP contribution < -0.4 is 9.64 Å². The van der Waals surface area contributed by atoms with Gasteiger partial charge in [-0.05, 0) is 56.4 Å². The average molecular weight is 357 g/mol. The molecule has 0 aromatic heterocycles. The molecule has 1 saturated carbocycles. The number of carbonyl (C=O) groups excluding carboxylic acids is 1. The van der Waals surface area contributed by atoms with Crippen LogP contribution in [-0.4, -0.2) is 36.4 Å². The number of hydrogen-bond acceptors (Lipinski definition) is 3. The number of amides is 1. The molecule has 3 rings (SSSR count). The van der Waals surface area contributed by atoms with Gasteiger partial charge in [-0.2, -0.15) is 13.2 Å². The third-order valence-corrected chi connectivity index (χ3v) is 5.23. The van der Waals surface area contributed by atoms with Crippen molar-refractivity contribution in [1.29, 1.82) is 0 Å². The van der Waals surface area contributed by atoms with Gasteiger partial charge >= 0.3 is 6.18 Å². The molecule has 1 amide bonds. The van der Waals surface area contributed by atoms with Gasteiger partial charge in [0.1, 0.15) is 5.75 Å². The van der Waals surface area contributed by atoms with Crippen LogP contribution in [0.2, 0.25) is 0 Å². The Morgan fingerprint density at radius 2 is 1.80 bits per heavy atom. The van der Waals surface area contributed by atoms with Crippen molar-refractivity contribution in [3.8, 4) is 5.75 Å². The van der Waals surface area contributed by atoms with E-state index in [0.29, 0.717) is 38.0 Å². The van der Waals surface area contributed by atoms with Gasteiger partial charge in [0.05, 0.1) is 24.5 Å². The first-order valence-electron chi connectivity index (χ1n) is 8.59. The quantitative estimate of drug-likeness (QED) is 0.894. The van der Waals surface area contributed by atoms with Crippen LogP contribution in [-0.2, 0) is 4.79 Å². The van der Waals surface area contributed by atoms with Crippen molar-refractivity contribution in [3.05, 3.63) is 24.3 Å². The van der Waals surface area contributed by atoms with Gasteiger partial charge in [-0.25, -0.2) is 0 Å². The largest absolute Gasteiger partial charge is 0.493 e. The first-order chi connectivity index (χ1) is 11.8. The van der Waals surface area contributed by atoms with Crippen molar-refractivity contribution in [1.82, 2.24) is 0 Å². The van der Waals surface area contributed by atoms with Crippen LogP contribution in [0, 0.1) is 5.41 Å². The van der Waals surface area contributed by atoms with Crippen LogP contribution in [0.25, 0.3) is 0 Å². The molecule has 138 valence electrons. The molecular formula is C18H22F3NO3. The third-order valence-electron chi connectivity index (χ3n) is 5.23. The highest BCUT2D eigenvalue weighted by Crippen LogP contribution is 2.46. The van der Waals surface area contributed by atoms with E-state index in [2.05, 4.69) is 0 Å². The summed E-state index contributed by atoms with van der Waals surface area (Å²) >= 11 is 0. The van der Waals surface area contributed by atoms with Gasteiger partial charge in [-0.1, -0.05) is 0 Å². The number of rotatable bonds is 4. The van der Waals surface area contributed by atoms with E-state index < -0.39 is 19.2 Å². The summed E-state index contributed by atoms with van der Waals surface area (Å²) in [5, 5.41) is 9.66. The molecule has 2 aliphatic rings. The molecule has 4 nitrogen and oxygen atoms in total. The number of aliphatic hydroxyl groups excluding tert-OH is 1. The fourth-order valence-corrected chi connectivity index (χ4v) is 3.69. The van der Waals surface area contributed by atoms with Gasteiger partial charge in [0.25, 0.3) is 0 Å². The lowest BCUT2D eigenvalue weighted by Gasteiger charge is -2.33. The molecule has 1 saturated heterocycles. The van der Waals surface area contributed by atoms with E-state index in [0.717, 1.165) is 12.1 Å². The third kappa shape index (κ3) is 4.08. The maximum atomic E-state index is 12.8. The number of alkyl halides is 3. The van der Waals surface area contributed by atoms with Gasteiger partial charge in [0, 0.05) is 12.2 Å². The first kappa shape index (κ1) is 18.0. The van der Waals surface area contributed by atoms with Gasteiger partial charge in [-0.3, -0.25) is 4.79 Å². The molecule has 1 aromatic carbocycles. The summed E-state index contributed by atoms with van der Waals surface area (Å²) in [5.74, 6) is 0.445. The Kier molecular flexibility index (Phi) is 4.95. The van der Waals surface area contributed by atoms with Crippen LogP contribution in [0.5, 0.6) is 5.75 Å². The molecular weight excluding hydrogens is 335 g/mol. The molecule has 0 atom stereocenters. The predicted molar refractivity (Wildman–Crippen MR) is 86.5 cm³/mol. The van der Waals surface area contributed by atoms with Crippen LogP contribution in [0.1, 0.15) is 38.5 Å². The highest BCUT2D eigenvalue weighted by molar-refractivity contribution is 6.00. The second-order valence-electron chi connectivity index (χ2n) is 6.93. The summed E-state index contributed by atoms with van der Waals surface area (Å²) in [5.41, 5.74) is 0.373. The molecule has 1 spiro atoms. The molecule has 0 radical (unpaired) electrons. The maximum absolute atomic E-state index is 12.8. The number of halogens is 3. The highest BCUT2D eigenvalue weighted by Gasteiger charge is 2.48. The number of nitrogens with zero attached hydrogens (tertiary/aromatic N) is 1. The Morgan fingerprint density at radius 1 is 1.16 bits per heavy atom. The zero-order valence-corrected chi connectivity index (χ0v) is 13.9. The van der Waals surface area contributed by atoms with Crippen molar-refractivity contribution in [2.24, 2.45) is 5.41 Å². The molecule has 1 aliphatic heterocycles. The van der Waals surface area contributed by atoms with Crippen molar-refractivity contribution < 1.29 is 27.8 Å². The van der Waals surface area contributed by atoms with E-state index >= 15 is 0 Å². The highest BCUT2D eigenvalue weighted by atomic mass is 19.4. The molecule has 25 heavy (non-hydrogen) atoms. The van der Waals surface area contributed by atoms with Gasteiger partial charge in [-0.15, -0.1) is 0 Å². The standard InChI is InChI=1S/C18H22F3NO3/c19-18(20,21)10-12-25-15-3-1-13(2-4-15)22-11-9-17(16(22)24)7-5-14(23)6-8-17/h1-4,14,23H,5-12H2. The Bertz CT molecular complexity index is 607. The Labute approximate surface area is 144 Å². The molecule has 1 aliphatic carbocycles. The number of benzene rings is 1. The van der Waals surface area contributed by atoms with Crippen LogP contribution >= 0.6 is 0 Å². The first-order valence-corrected chi connectivity index (χ1v) is 8.59. The Hall–Kier alpha value is -1.76. The van der Waals surface area contributed by atoms with E-state index in [1.54, 1.807) is 29.2 Å². The summed E-state index contributed by atoms with van der Waals surface area (Å²) in [7, 11) is 0. The zero-order valence-electron chi connectivity index (χ0n) is 13.9. The van der Waals surface area contributed by atoms with Crippen molar-refractivity contribution in [2.45, 2.75) is 50.8 Å². The maximum Gasteiger partial charge on any atom is 0.392 e. The van der Waals surface area contributed by atoms with E-state index in [9.17, 15) is 23.1 Å². The van der Waals surface area contributed by atoms with E-state index in [-0.39, 0.29) is 17.4 Å². The second kappa shape index (κ2) is 6.86. The molecule has 7 heteroatoms. The molecule has 2 fully saturated rings. The monoisotopic (exact) mass is 357 g/mol. The normalized spacial score (nSPS) is 27.1. The molecule has 0 unspecified atom stereocenters. The van der Waals surface area contributed by atoms with E-state index in [1.807, 2.05) is 0 Å². The molecule has 1 aromatic rings. The smallest absolute Gasteiger partial charge is 0.392 e. The summed E-state index contributed by atoms with van der Waals surface area (Å²) in [6, 6.07) is 6.60. The minimum absolute atomic E-state index is 0.0881. The number of hydrogen-bond donors (Lipinski definition) is 1. The summed E-state index contributed by atoms with van der Waals surface area (Å²) < 4.78 is 41.5. The van der Waals surface area contributed by atoms with Gasteiger partial charge in [0.2, 0.25) is 5.91 Å². The fourth-order valence-electron chi connectivity index (χ4n) is 3.69. The zero-order chi connectivity index (χ0) is 18.1. The van der Waals surface area contributed by atoms with Crippen molar-refractivity contribution >= 4 is 11.6 Å². The lowest BCUT2D eigenvalue weighted by molar-refractivity contribution is -0.139. The predicted octanol–water partition coefficient (Wildman–Crippen LogP) is 3.68. The SMILES string of the molecule is O=C1N(c2ccc(OCCC(F)(F)F)cc2)CCC12CCC(O)CC2. The molecule has 0 bridgehead atoms. The van der Waals surface area contributed by atoms with Crippen molar-refractivity contribution in [3.63, 3.8) is 0 Å².